The number of ether oxygens (including phenoxy) is 2. The summed E-state index contributed by atoms with van der Waals surface area (Å²) < 4.78 is 11.2. The molecular weight excluding hydrogens is 478 g/mol. The molecule has 0 saturated carbocycles. The summed E-state index contributed by atoms with van der Waals surface area (Å²) in [7, 11) is 0. The van der Waals surface area contributed by atoms with E-state index >= 15 is 0 Å². The van der Waals surface area contributed by atoms with Crippen molar-refractivity contribution in [2.24, 2.45) is 0 Å². The highest BCUT2D eigenvalue weighted by Gasteiger charge is 2.27. The number of phenolic OH excluding ortho intramolecular Hbond substituents is 1. The molecule has 5 rings (SSSR count). The molecule has 0 radical (unpaired) electrons. The van der Waals surface area contributed by atoms with E-state index in [1.807, 2.05) is 42.5 Å². The van der Waals surface area contributed by atoms with Crippen LogP contribution in [0.2, 0.25) is 5.02 Å². The van der Waals surface area contributed by atoms with Crippen LogP contribution in [0.1, 0.15) is 17.2 Å². The van der Waals surface area contributed by atoms with Gasteiger partial charge < -0.3 is 24.8 Å². The van der Waals surface area contributed by atoms with E-state index in [-0.39, 0.29) is 18.3 Å². The number of carbonyl (C=O) groups is 1. The number of hydrogen-bond acceptors (Lipinski definition) is 6. The molecule has 1 amide bonds. The monoisotopic (exact) mass is 503 g/mol. The third-order valence-electron chi connectivity index (χ3n) is 6.17. The fourth-order valence-corrected chi connectivity index (χ4v) is 4.71. The Morgan fingerprint density at radius 2 is 1.81 bits per heavy atom. The van der Waals surface area contributed by atoms with E-state index in [1.165, 1.54) is 0 Å². The summed E-state index contributed by atoms with van der Waals surface area (Å²) in [5, 5.41) is 15.4. The van der Waals surface area contributed by atoms with Crippen LogP contribution in [0.5, 0.6) is 11.5 Å². The Balaban J connectivity index is 1.55. The molecule has 1 fully saturated rings. The number of anilines is 1. The molecule has 36 heavy (non-hydrogen) atoms. The molecule has 4 aromatic rings. The first kappa shape index (κ1) is 23.9. The summed E-state index contributed by atoms with van der Waals surface area (Å²) in [5.41, 5.74) is 2.62. The number of aromatic nitrogens is 1. The lowest BCUT2D eigenvalue weighted by Gasteiger charge is -2.33. The van der Waals surface area contributed by atoms with Gasteiger partial charge in [0.15, 0.2) is 6.61 Å². The second-order valence-corrected chi connectivity index (χ2v) is 8.86. The summed E-state index contributed by atoms with van der Waals surface area (Å²) in [6.45, 7) is 2.50. The van der Waals surface area contributed by atoms with E-state index in [0.29, 0.717) is 40.5 Å². The third kappa shape index (κ3) is 5.08. The minimum Gasteiger partial charge on any atom is -0.505 e. The lowest BCUT2D eigenvalue weighted by atomic mass is 9.94. The van der Waals surface area contributed by atoms with Crippen molar-refractivity contribution in [3.8, 4) is 11.5 Å². The van der Waals surface area contributed by atoms with Gasteiger partial charge in [0.2, 0.25) is 0 Å². The standard InChI is InChI=1S/C28H26ClN3O4/c29-23-17-22(28(34)27-20(23)10-6-12-30-27)26(31-25(33)18-36-19-7-2-1-3-8-19)21-9-4-5-11-24(21)32-13-15-35-16-14-32/h1-12,17,26,34H,13-16,18H2,(H,31,33). The van der Waals surface area contributed by atoms with Gasteiger partial charge in [0.25, 0.3) is 5.91 Å². The quantitative estimate of drug-likeness (QED) is 0.380. The molecule has 1 unspecified atom stereocenters. The maximum Gasteiger partial charge on any atom is 0.258 e. The van der Waals surface area contributed by atoms with Crippen molar-refractivity contribution in [3.63, 3.8) is 0 Å². The SMILES string of the molecule is O=C(COc1ccccc1)NC(c1ccccc1N1CCOCC1)c1cc(Cl)c2cccnc2c1O. The summed E-state index contributed by atoms with van der Waals surface area (Å²) in [5.74, 6) is 0.233. The zero-order chi connectivity index (χ0) is 24.9. The number of morpholine rings is 1. The van der Waals surface area contributed by atoms with E-state index in [1.54, 1.807) is 36.5 Å². The van der Waals surface area contributed by atoms with Crippen molar-refractivity contribution in [1.29, 1.82) is 0 Å². The Morgan fingerprint density at radius 1 is 1.06 bits per heavy atom. The molecule has 1 aliphatic heterocycles. The summed E-state index contributed by atoms with van der Waals surface area (Å²) in [6, 6.07) is 21.6. The fraction of sp³-hybridized carbons (Fsp3) is 0.214. The molecule has 0 aliphatic carbocycles. The van der Waals surface area contributed by atoms with Gasteiger partial charge in [0.05, 0.1) is 24.3 Å². The van der Waals surface area contributed by atoms with Gasteiger partial charge in [0, 0.05) is 41.5 Å². The highest BCUT2D eigenvalue weighted by atomic mass is 35.5. The number of nitrogens with zero attached hydrogens (tertiary/aromatic N) is 2. The lowest BCUT2D eigenvalue weighted by molar-refractivity contribution is -0.123. The molecule has 1 saturated heterocycles. The number of amides is 1. The molecule has 3 aromatic carbocycles. The van der Waals surface area contributed by atoms with Crippen LogP contribution in [0.3, 0.4) is 0 Å². The van der Waals surface area contributed by atoms with Crippen LogP contribution in [-0.2, 0) is 9.53 Å². The van der Waals surface area contributed by atoms with Gasteiger partial charge in [0.1, 0.15) is 17.0 Å². The van der Waals surface area contributed by atoms with Crippen LogP contribution in [0, 0.1) is 0 Å². The van der Waals surface area contributed by atoms with Gasteiger partial charge in [-0.15, -0.1) is 0 Å². The minimum atomic E-state index is -0.695. The van der Waals surface area contributed by atoms with Crippen LogP contribution < -0.4 is 15.0 Å². The van der Waals surface area contributed by atoms with Gasteiger partial charge in [-0.1, -0.05) is 48.0 Å². The lowest BCUT2D eigenvalue weighted by Crippen LogP contribution is -2.38. The highest BCUT2D eigenvalue weighted by Crippen LogP contribution is 2.40. The second-order valence-electron chi connectivity index (χ2n) is 8.46. The molecule has 2 N–H and O–H groups in total. The number of benzene rings is 3. The predicted molar refractivity (Wildman–Crippen MR) is 140 cm³/mol. The molecule has 1 atom stereocenters. The number of aromatic hydroxyl groups is 1. The van der Waals surface area contributed by atoms with Crippen LogP contribution in [0.25, 0.3) is 10.9 Å². The Morgan fingerprint density at radius 3 is 2.61 bits per heavy atom. The molecular formula is C28H26ClN3O4. The number of halogens is 1. The maximum atomic E-state index is 13.1. The molecule has 1 aromatic heterocycles. The molecule has 2 heterocycles. The average molecular weight is 504 g/mol. The maximum absolute atomic E-state index is 13.1. The summed E-state index contributed by atoms with van der Waals surface area (Å²) in [6.07, 6.45) is 1.60. The van der Waals surface area contributed by atoms with Gasteiger partial charge in [-0.2, -0.15) is 0 Å². The van der Waals surface area contributed by atoms with E-state index in [2.05, 4.69) is 15.2 Å². The number of para-hydroxylation sites is 2. The minimum absolute atomic E-state index is 0.0268. The van der Waals surface area contributed by atoms with Crippen molar-refractivity contribution in [3.05, 3.63) is 95.1 Å². The Hall–Kier alpha value is -3.81. The molecule has 184 valence electrons. The molecule has 0 spiro atoms. The van der Waals surface area contributed by atoms with Crippen LogP contribution in [0.15, 0.2) is 79.0 Å². The molecule has 1 aliphatic rings. The van der Waals surface area contributed by atoms with Gasteiger partial charge >= 0.3 is 0 Å². The Kier molecular flexibility index (Phi) is 7.21. The van der Waals surface area contributed by atoms with Gasteiger partial charge in [-0.3, -0.25) is 9.78 Å². The Labute approximate surface area is 214 Å². The smallest absolute Gasteiger partial charge is 0.258 e. The van der Waals surface area contributed by atoms with Crippen molar-refractivity contribution in [2.75, 3.05) is 37.8 Å². The van der Waals surface area contributed by atoms with Crippen molar-refractivity contribution < 1.29 is 19.4 Å². The first-order valence-corrected chi connectivity index (χ1v) is 12.1. The zero-order valence-electron chi connectivity index (χ0n) is 19.6. The van der Waals surface area contributed by atoms with Crippen molar-refractivity contribution in [1.82, 2.24) is 10.3 Å². The number of rotatable bonds is 7. The largest absolute Gasteiger partial charge is 0.505 e. The van der Waals surface area contributed by atoms with Crippen LogP contribution in [0.4, 0.5) is 5.69 Å². The third-order valence-corrected chi connectivity index (χ3v) is 6.49. The van der Waals surface area contributed by atoms with E-state index in [9.17, 15) is 9.90 Å². The summed E-state index contributed by atoms with van der Waals surface area (Å²) in [4.78, 5) is 19.7. The first-order valence-electron chi connectivity index (χ1n) is 11.8. The van der Waals surface area contributed by atoms with Crippen LogP contribution in [-0.4, -0.2) is 48.9 Å². The topological polar surface area (TPSA) is 83.9 Å². The van der Waals surface area contributed by atoms with E-state index < -0.39 is 6.04 Å². The first-order chi connectivity index (χ1) is 17.6. The number of nitrogens with one attached hydrogen (secondary N) is 1. The molecule has 7 nitrogen and oxygen atoms in total. The van der Waals surface area contributed by atoms with Gasteiger partial charge in [-0.05, 0) is 36.4 Å². The van der Waals surface area contributed by atoms with E-state index in [0.717, 1.165) is 24.3 Å². The van der Waals surface area contributed by atoms with Gasteiger partial charge in [-0.25, -0.2) is 0 Å². The highest BCUT2D eigenvalue weighted by molar-refractivity contribution is 6.35. The normalized spacial score (nSPS) is 14.4. The number of hydrogen-bond donors (Lipinski definition) is 2. The van der Waals surface area contributed by atoms with Crippen LogP contribution >= 0.6 is 11.6 Å². The Bertz CT molecular complexity index is 1360. The van der Waals surface area contributed by atoms with Crippen molar-refractivity contribution >= 4 is 34.1 Å². The zero-order valence-corrected chi connectivity index (χ0v) is 20.3. The second kappa shape index (κ2) is 10.8. The van der Waals surface area contributed by atoms with Crippen molar-refractivity contribution in [2.45, 2.75) is 6.04 Å². The molecule has 8 heteroatoms. The number of carbonyl (C=O) groups excluding carboxylic acids is 1. The number of pyridine rings is 1. The summed E-state index contributed by atoms with van der Waals surface area (Å²) >= 11 is 6.62. The van der Waals surface area contributed by atoms with E-state index in [4.69, 9.17) is 21.1 Å². The fourth-order valence-electron chi connectivity index (χ4n) is 4.44. The molecule has 0 bridgehead atoms. The predicted octanol–water partition coefficient (Wildman–Crippen LogP) is 4.72. The number of fused-ring (bicyclic) bond motifs is 1. The average Bonchev–Trinajstić information content (AvgIpc) is 2.94. The number of phenols is 1.